The van der Waals surface area contributed by atoms with Crippen LogP contribution in [0.5, 0.6) is 0 Å². The number of anilines is 5. The average Bonchev–Trinajstić information content (AvgIpc) is 3.94. The van der Waals surface area contributed by atoms with Crippen LogP contribution in [0.2, 0.25) is 5.02 Å². The number of halogens is 2. The van der Waals surface area contributed by atoms with Crippen molar-refractivity contribution in [3.05, 3.63) is 113 Å². The minimum absolute atomic E-state index is 0.0455. The lowest BCUT2D eigenvalue weighted by molar-refractivity contribution is -0.123. The van der Waals surface area contributed by atoms with Gasteiger partial charge in [0.15, 0.2) is 5.82 Å². The van der Waals surface area contributed by atoms with Crippen LogP contribution in [-0.4, -0.2) is 136 Å². The topological polar surface area (TPSA) is 200 Å². The number of benzene rings is 4. The van der Waals surface area contributed by atoms with Crippen molar-refractivity contribution >= 4 is 86.2 Å². The lowest BCUT2D eigenvalue weighted by Crippen LogP contribution is -2.47. The second-order valence-electron chi connectivity index (χ2n) is 18.2. The second-order valence-corrected chi connectivity index (χ2v) is 18.6. The van der Waals surface area contributed by atoms with Gasteiger partial charge in [0.1, 0.15) is 23.7 Å². The first-order valence-corrected chi connectivity index (χ1v) is 24.7. The SMILES string of the molecule is CNC(=O)c1ccccc1Nc1nc(Nc2ccc(N3CCN(CCCNC(=O)CN4CCC(Cn5ncc6cc(F)c(-c7cccc8c7c(C)nn8CC(=O)NCC=O)cc65)CC4)CC3)cc2)ncc1Cl. The summed E-state index contributed by atoms with van der Waals surface area (Å²) in [5.41, 5.74) is 6.31. The number of carbonyl (C=O) groups is 4. The molecule has 5 N–H and O–H groups in total. The molecule has 0 spiro atoms. The van der Waals surface area contributed by atoms with Crippen molar-refractivity contribution in [2.75, 3.05) is 88.0 Å². The highest BCUT2D eigenvalue weighted by molar-refractivity contribution is 6.33. The molecular weight excluding hydrogens is 939 g/mol. The number of nitrogens with one attached hydrogen (secondary N) is 5. The van der Waals surface area contributed by atoms with Crippen molar-refractivity contribution in [3.63, 3.8) is 0 Å². The Morgan fingerprint density at radius 1 is 0.819 bits per heavy atom. The number of rotatable bonds is 19. The number of hydrogen-bond donors (Lipinski definition) is 5. The number of amides is 3. The van der Waals surface area contributed by atoms with Gasteiger partial charge in [-0.05, 0) is 112 Å². The molecule has 0 bridgehead atoms. The molecule has 3 aromatic heterocycles. The van der Waals surface area contributed by atoms with Gasteiger partial charge in [-0.25, -0.2) is 9.37 Å². The van der Waals surface area contributed by atoms with Crippen LogP contribution in [-0.2, 0) is 27.5 Å². The summed E-state index contributed by atoms with van der Waals surface area (Å²) in [4.78, 5) is 64.4. The number of aldehydes is 1. The van der Waals surface area contributed by atoms with E-state index in [0.29, 0.717) is 82.2 Å². The van der Waals surface area contributed by atoms with Gasteiger partial charge in [-0.1, -0.05) is 35.9 Å². The molecule has 0 saturated carbocycles. The summed E-state index contributed by atoms with van der Waals surface area (Å²) < 4.78 is 19.3. The first kappa shape index (κ1) is 49.5. The molecule has 2 aliphatic rings. The highest BCUT2D eigenvalue weighted by Crippen LogP contribution is 2.36. The number of fused-ring (bicyclic) bond motifs is 2. The molecule has 2 fully saturated rings. The Morgan fingerprint density at radius 3 is 2.38 bits per heavy atom. The molecule has 2 aliphatic heterocycles. The van der Waals surface area contributed by atoms with E-state index in [0.717, 1.165) is 92.7 Å². The van der Waals surface area contributed by atoms with Crippen LogP contribution in [0.15, 0.2) is 91.3 Å². The van der Waals surface area contributed by atoms with Gasteiger partial charge in [0.05, 0.1) is 53.5 Å². The molecule has 4 aromatic carbocycles. The van der Waals surface area contributed by atoms with Crippen LogP contribution in [0, 0.1) is 18.7 Å². The number of hydrogen-bond acceptors (Lipinski definition) is 13. The first-order chi connectivity index (χ1) is 35.0. The van der Waals surface area contributed by atoms with E-state index in [-0.39, 0.29) is 36.6 Å². The lowest BCUT2D eigenvalue weighted by atomic mass is 9.96. The Morgan fingerprint density at radius 2 is 1.60 bits per heavy atom. The van der Waals surface area contributed by atoms with Crippen molar-refractivity contribution in [2.24, 2.45) is 5.92 Å². The van der Waals surface area contributed by atoms with Crippen LogP contribution in [0.25, 0.3) is 32.9 Å². The number of piperazine rings is 1. The van der Waals surface area contributed by atoms with Gasteiger partial charge in [-0.2, -0.15) is 15.2 Å². The maximum absolute atomic E-state index is 15.8. The highest BCUT2D eigenvalue weighted by atomic mass is 35.5. The fourth-order valence-electron chi connectivity index (χ4n) is 9.61. The Hall–Kier alpha value is -7.48. The minimum atomic E-state index is -0.369. The second kappa shape index (κ2) is 22.7. The van der Waals surface area contributed by atoms with Crippen molar-refractivity contribution in [1.82, 2.24) is 55.3 Å². The Kier molecular flexibility index (Phi) is 15.6. The summed E-state index contributed by atoms with van der Waals surface area (Å²) in [5, 5.41) is 25.8. The van der Waals surface area contributed by atoms with Crippen molar-refractivity contribution in [1.29, 1.82) is 0 Å². The zero-order valence-corrected chi connectivity index (χ0v) is 41.1. The maximum Gasteiger partial charge on any atom is 0.253 e. The standard InChI is InChI=1S/C52H58ClFN14O4/c1-34-49-39(8-5-10-45(49)68(63-34)33-48(71)57-18-26-69)41-28-46-36(27-43(41)54)29-59-67(46)31-35-15-20-65(21-16-35)32-47(70)56-17-6-19-64-22-24-66(25-23-64)38-13-11-37(12-14-38)60-52-58-30-42(53)50(62-52)61-44-9-4-3-7-40(44)51(72)55-2/h3-5,7-14,26-30,35H,6,15-25,31-33H2,1-2H3,(H,55,72)(H,56,70)(H,57,71)(H2,58,60,61,62). The van der Waals surface area contributed by atoms with Crippen LogP contribution in [0.3, 0.4) is 0 Å². The van der Waals surface area contributed by atoms with Gasteiger partial charge in [-0.15, -0.1) is 0 Å². The monoisotopic (exact) mass is 996 g/mol. The summed E-state index contributed by atoms with van der Waals surface area (Å²) in [6, 6.07) is 24.2. The third-order valence-electron chi connectivity index (χ3n) is 13.4. The van der Waals surface area contributed by atoms with Gasteiger partial charge in [0.2, 0.25) is 17.8 Å². The number of nitrogens with zero attached hydrogens (tertiary/aromatic N) is 9. The number of carbonyl (C=O) groups excluding carboxylic acids is 4. The van der Waals surface area contributed by atoms with E-state index in [1.807, 2.05) is 54.1 Å². The number of para-hydroxylation sites is 1. The fraction of sp³-hybridized carbons (Fsp3) is 0.346. The van der Waals surface area contributed by atoms with Crippen molar-refractivity contribution in [2.45, 2.75) is 39.3 Å². The smallest absolute Gasteiger partial charge is 0.253 e. The molecule has 9 rings (SSSR count). The van der Waals surface area contributed by atoms with E-state index in [4.69, 9.17) is 11.6 Å². The lowest BCUT2D eigenvalue weighted by Gasteiger charge is -2.36. The number of aryl methyl sites for hydroxylation is 1. The molecule has 72 heavy (non-hydrogen) atoms. The van der Waals surface area contributed by atoms with E-state index in [1.54, 1.807) is 36.1 Å². The molecule has 0 atom stereocenters. The van der Waals surface area contributed by atoms with Gasteiger partial charge in [0.25, 0.3) is 5.91 Å². The molecule has 374 valence electrons. The molecule has 0 aliphatic carbocycles. The normalized spacial score (nSPS) is 14.6. The first-order valence-electron chi connectivity index (χ1n) is 24.3. The Bertz CT molecular complexity index is 3070. The molecular formula is C52H58ClFN14O4. The quantitative estimate of drug-likeness (QED) is 0.0458. The van der Waals surface area contributed by atoms with Crippen LogP contribution < -0.4 is 31.5 Å². The fourth-order valence-corrected chi connectivity index (χ4v) is 9.74. The van der Waals surface area contributed by atoms with Gasteiger partial charge >= 0.3 is 0 Å². The van der Waals surface area contributed by atoms with Crippen molar-refractivity contribution < 1.29 is 23.6 Å². The molecule has 0 unspecified atom stereocenters. The van der Waals surface area contributed by atoms with Gasteiger partial charge in [-0.3, -0.25) is 33.5 Å². The van der Waals surface area contributed by atoms with E-state index in [9.17, 15) is 19.2 Å². The largest absolute Gasteiger partial charge is 0.369 e. The van der Waals surface area contributed by atoms with Crippen molar-refractivity contribution in [3.8, 4) is 11.1 Å². The third kappa shape index (κ3) is 11.6. The van der Waals surface area contributed by atoms with Gasteiger partial charge < -0.3 is 36.3 Å². The highest BCUT2D eigenvalue weighted by Gasteiger charge is 2.24. The molecule has 2 saturated heterocycles. The molecule has 7 aromatic rings. The molecule has 3 amide bonds. The summed E-state index contributed by atoms with van der Waals surface area (Å²) in [6.45, 7) is 9.60. The molecule has 20 heteroatoms. The molecule has 0 radical (unpaired) electrons. The van der Waals surface area contributed by atoms with Crippen LogP contribution in [0.4, 0.5) is 33.2 Å². The minimum Gasteiger partial charge on any atom is -0.369 e. The predicted octanol–water partition coefficient (Wildman–Crippen LogP) is 6.15. The van der Waals surface area contributed by atoms with E-state index in [1.165, 1.54) is 12.3 Å². The zero-order chi connectivity index (χ0) is 50.1. The maximum atomic E-state index is 15.8. The van der Waals surface area contributed by atoms with Crippen LogP contribution >= 0.6 is 11.6 Å². The van der Waals surface area contributed by atoms with E-state index < -0.39 is 0 Å². The Balaban J connectivity index is 0.688. The van der Waals surface area contributed by atoms with Crippen LogP contribution in [0.1, 0.15) is 35.3 Å². The zero-order valence-electron chi connectivity index (χ0n) is 40.3. The molecule has 18 nitrogen and oxygen atoms in total. The number of piperidine rings is 1. The summed E-state index contributed by atoms with van der Waals surface area (Å²) >= 11 is 6.42. The average molecular weight is 998 g/mol. The molecule has 5 heterocycles. The predicted molar refractivity (Wildman–Crippen MR) is 278 cm³/mol. The summed E-state index contributed by atoms with van der Waals surface area (Å²) in [6.07, 6.45) is 6.57. The number of likely N-dealkylation sites (tertiary alicyclic amines) is 1. The summed E-state index contributed by atoms with van der Waals surface area (Å²) in [7, 11) is 1.58. The van der Waals surface area contributed by atoms with E-state index in [2.05, 4.69) is 73.6 Å². The Labute approximate surface area is 421 Å². The van der Waals surface area contributed by atoms with Gasteiger partial charge in [0, 0.05) is 74.0 Å². The number of aromatic nitrogens is 6. The van der Waals surface area contributed by atoms with E-state index >= 15 is 4.39 Å². The summed E-state index contributed by atoms with van der Waals surface area (Å²) in [5.74, 6) is 0.204. The third-order valence-corrected chi connectivity index (χ3v) is 13.7.